The summed E-state index contributed by atoms with van der Waals surface area (Å²) in [5.41, 5.74) is -2.90. The molecular weight excluding hydrogens is 376 g/mol. The van der Waals surface area contributed by atoms with Crippen LogP contribution in [-0.4, -0.2) is 52.4 Å². The summed E-state index contributed by atoms with van der Waals surface area (Å²) in [6, 6.07) is 1.17. The minimum atomic E-state index is -1.69. The highest BCUT2D eigenvalue weighted by Gasteiger charge is 2.61. The topological polar surface area (TPSA) is 143 Å². The van der Waals surface area contributed by atoms with Crippen molar-refractivity contribution in [2.45, 2.75) is 44.8 Å². The van der Waals surface area contributed by atoms with Gasteiger partial charge >= 0.3 is 23.6 Å². The lowest BCUT2D eigenvalue weighted by Crippen LogP contribution is -2.51. The Hall–Kier alpha value is -3.21. The van der Waals surface area contributed by atoms with Crippen molar-refractivity contribution in [1.82, 2.24) is 9.55 Å². The van der Waals surface area contributed by atoms with Gasteiger partial charge in [0.15, 0.2) is 12.2 Å². The number of aromatic nitrogens is 2. The van der Waals surface area contributed by atoms with Gasteiger partial charge in [0.2, 0.25) is 5.72 Å². The van der Waals surface area contributed by atoms with Gasteiger partial charge in [-0.05, 0) is 12.2 Å². The van der Waals surface area contributed by atoms with E-state index in [2.05, 4.69) is 4.98 Å². The van der Waals surface area contributed by atoms with Gasteiger partial charge in [-0.1, -0.05) is 0 Å². The van der Waals surface area contributed by atoms with Crippen molar-refractivity contribution in [3.8, 4) is 0 Å². The molecule has 0 radical (unpaired) electrons. The van der Waals surface area contributed by atoms with Gasteiger partial charge in [0.05, 0.1) is 5.69 Å². The molecule has 2 aliphatic rings. The molecule has 150 valence electrons. The third-order valence-corrected chi connectivity index (χ3v) is 4.27. The van der Waals surface area contributed by atoms with Gasteiger partial charge in [-0.2, -0.15) is 0 Å². The van der Waals surface area contributed by atoms with E-state index in [1.54, 1.807) is 0 Å². The molecule has 11 nitrogen and oxygen atoms in total. The van der Waals surface area contributed by atoms with Crippen LogP contribution in [0.4, 0.5) is 0 Å². The average Bonchev–Trinajstić information content (AvgIpc) is 3.06. The molecule has 3 heterocycles. The molecule has 28 heavy (non-hydrogen) atoms. The Morgan fingerprint density at radius 2 is 1.82 bits per heavy atom. The molecule has 0 aromatic carbocycles. The maximum Gasteiger partial charge on any atom is 0.331 e. The number of H-pyrrole nitrogens is 1. The quantitative estimate of drug-likeness (QED) is 0.504. The van der Waals surface area contributed by atoms with Crippen molar-refractivity contribution in [1.29, 1.82) is 0 Å². The van der Waals surface area contributed by atoms with Crippen molar-refractivity contribution in [2.75, 3.05) is 6.61 Å². The number of fused-ring (bicyclic) bond motifs is 2. The first-order chi connectivity index (χ1) is 13.1. The third kappa shape index (κ3) is 3.36. The average molecular weight is 394 g/mol. The molecule has 0 saturated carbocycles. The lowest BCUT2D eigenvalue weighted by molar-refractivity contribution is -0.171. The fourth-order valence-electron chi connectivity index (χ4n) is 3.38. The number of nitrogens with one attached hydrogen (secondary N) is 1. The van der Waals surface area contributed by atoms with Crippen LogP contribution < -0.4 is 11.2 Å². The fraction of sp³-hybridized carbons (Fsp3) is 0.471. The molecule has 1 aromatic rings. The minimum Gasteiger partial charge on any atom is -0.463 e. The van der Waals surface area contributed by atoms with Crippen LogP contribution in [0.15, 0.2) is 21.7 Å². The highest BCUT2D eigenvalue weighted by atomic mass is 16.7. The van der Waals surface area contributed by atoms with E-state index in [1.165, 1.54) is 25.1 Å². The number of esters is 3. The van der Waals surface area contributed by atoms with E-state index in [1.807, 2.05) is 0 Å². The molecule has 2 aliphatic heterocycles. The molecule has 1 saturated heterocycles. The number of hydrogen-bond donors (Lipinski definition) is 1. The normalized spacial score (nSPS) is 27.5. The first-order valence-corrected chi connectivity index (χ1v) is 8.36. The summed E-state index contributed by atoms with van der Waals surface area (Å²) in [6.45, 7) is 3.18. The van der Waals surface area contributed by atoms with Crippen LogP contribution in [0.5, 0.6) is 0 Å². The van der Waals surface area contributed by atoms with Gasteiger partial charge < -0.3 is 18.9 Å². The highest BCUT2D eigenvalue weighted by molar-refractivity contribution is 5.68. The number of hydrogen-bond acceptors (Lipinski definition) is 9. The summed E-state index contributed by atoms with van der Waals surface area (Å²) in [5, 5.41) is 0. The highest BCUT2D eigenvalue weighted by Crippen LogP contribution is 2.43. The molecule has 1 aromatic heterocycles. The van der Waals surface area contributed by atoms with Crippen molar-refractivity contribution in [3.63, 3.8) is 0 Å². The summed E-state index contributed by atoms with van der Waals surface area (Å²) >= 11 is 0. The predicted molar refractivity (Wildman–Crippen MR) is 90.9 cm³/mol. The zero-order valence-corrected chi connectivity index (χ0v) is 15.3. The summed E-state index contributed by atoms with van der Waals surface area (Å²) in [5.74, 6) is -2.00. The maximum atomic E-state index is 12.5. The van der Waals surface area contributed by atoms with E-state index in [-0.39, 0.29) is 12.3 Å². The van der Waals surface area contributed by atoms with Gasteiger partial charge in [0.1, 0.15) is 12.7 Å². The number of carbonyl (C=O) groups excluding carboxylic acids is 3. The fourth-order valence-corrected chi connectivity index (χ4v) is 3.38. The molecule has 3 rings (SSSR count). The zero-order chi connectivity index (χ0) is 20.6. The molecule has 1 N–H and O–H groups in total. The van der Waals surface area contributed by atoms with Crippen LogP contribution in [0.1, 0.15) is 26.5 Å². The molecule has 1 spiro atoms. The number of ether oxygens (including phenoxy) is 4. The van der Waals surface area contributed by atoms with Gasteiger partial charge in [0, 0.05) is 26.8 Å². The van der Waals surface area contributed by atoms with Crippen molar-refractivity contribution in [2.24, 2.45) is 0 Å². The molecular formula is C17H18N2O9. The van der Waals surface area contributed by atoms with Crippen LogP contribution in [0.2, 0.25) is 0 Å². The minimum absolute atomic E-state index is 0.209. The first-order valence-electron chi connectivity index (χ1n) is 8.36. The van der Waals surface area contributed by atoms with E-state index in [0.717, 1.165) is 18.4 Å². The van der Waals surface area contributed by atoms with Crippen LogP contribution in [0.3, 0.4) is 0 Å². The number of aromatic amines is 1. The number of rotatable bonds is 4. The van der Waals surface area contributed by atoms with Gasteiger partial charge in [-0.3, -0.25) is 28.7 Å². The molecule has 0 aliphatic carbocycles. The number of carbonyl (C=O) groups is 3. The standard InChI is InChI=1S/C17H18N2O9/c1-8(20)25-7-12-14(26-9(2)21)15(27-10(3)22)17(28-12)5-4-11-6-13(23)18-16(24)19(11)17/h4-6,12,14-15H,7H2,1-3H3,(H,18,23,24)/t12-,14-,15+,17+/m1/s1. The van der Waals surface area contributed by atoms with Crippen molar-refractivity contribution in [3.05, 3.63) is 38.7 Å². The second-order valence-corrected chi connectivity index (χ2v) is 6.35. The van der Waals surface area contributed by atoms with Crippen LogP contribution in [0, 0.1) is 0 Å². The Morgan fingerprint density at radius 3 is 2.43 bits per heavy atom. The molecule has 11 heteroatoms. The monoisotopic (exact) mass is 394 g/mol. The summed E-state index contributed by atoms with van der Waals surface area (Å²) in [4.78, 5) is 60.8. The van der Waals surface area contributed by atoms with E-state index in [0.29, 0.717) is 0 Å². The van der Waals surface area contributed by atoms with Crippen LogP contribution in [0.25, 0.3) is 6.08 Å². The predicted octanol–water partition coefficient (Wildman–Crippen LogP) is -0.958. The zero-order valence-electron chi connectivity index (χ0n) is 15.3. The van der Waals surface area contributed by atoms with Gasteiger partial charge in [0.25, 0.3) is 5.56 Å². The SMILES string of the molecule is CC(=O)OC[C@H]1O[C@@]2(C=Cc3cc(=O)[nH]c(=O)n32)[C@@H](OC(C)=O)[C@@H]1OC(C)=O. The van der Waals surface area contributed by atoms with Crippen molar-refractivity contribution < 1.29 is 33.3 Å². The Kier molecular flexibility index (Phi) is 4.94. The molecule has 0 bridgehead atoms. The van der Waals surface area contributed by atoms with E-state index in [9.17, 15) is 24.0 Å². The maximum absolute atomic E-state index is 12.5. The molecule has 0 amide bonds. The largest absolute Gasteiger partial charge is 0.463 e. The van der Waals surface area contributed by atoms with E-state index < -0.39 is 53.2 Å². The molecule has 1 fully saturated rings. The smallest absolute Gasteiger partial charge is 0.331 e. The lowest BCUT2D eigenvalue weighted by atomic mass is 10.0. The first kappa shape index (κ1) is 19.5. The third-order valence-electron chi connectivity index (χ3n) is 4.27. The lowest BCUT2D eigenvalue weighted by Gasteiger charge is -2.31. The van der Waals surface area contributed by atoms with E-state index in [4.69, 9.17) is 18.9 Å². The Bertz CT molecular complexity index is 976. The van der Waals surface area contributed by atoms with E-state index >= 15 is 0 Å². The summed E-state index contributed by atoms with van der Waals surface area (Å²) in [7, 11) is 0. The van der Waals surface area contributed by atoms with Crippen LogP contribution in [-0.2, 0) is 39.1 Å². The molecule has 0 unspecified atom stereocenters. The Balaban J connectivity index is 2.12. The summed E-state index contributed by atoms with van der Waals surface area (Å²) < 4.78 is 22.7. The second-order valence-electron chi connectivity index (χ2n) is 6.35. The van der Waals surface area contributed by atoms with Gasteiger partial charge in [-0.25, -0.2) is 4.79 Å². The Labute approximate surface area is 157 Å². The van der Waals surface area contributed by atoms with Gasteiger partial charge in [-0.15, -0.1) is 0 Å². The second kappa shape index (κ2) is 7.08. The summed E-state index contributed by atoms with van der Waals surface area (Å²) in [6.07, 6.45) is -0.599. The Morgan fingerprint density at radius 1 is 1.14 bits per heavy atom. The molecule has 4 atom stereocenters. The number of nitrogens with zero attached hydrogens (tertiary/aromatic N) is 1. The van der Waals surface area contributed by atoms with Crippen LogP contribution >= 0.6 is 0 Å². The van der Waals surface area contributed by atoms with Crippen molar-refractivity contribution >= 4 is 24.0 Å².